The van der Waals surface area contributed by atoms with Gasteiger partial charge in [-0.15, -0.1) is 0 Å². The number of benzene rings is 10. The van der Waals surface area contributed by atoms with E-state index >= 15 is 0 Å². The van der Waals surface area contributed by atoms with Gasteiger partial charge in [0, 0.05) is 44.4 Å². The highest BCUT2D eigenvalue weighted by molar-refractivity contribution is 6.09. The largest absolute Gasteiger partial charge is 0.310 e. The Morgan fingerprint density at radius 2 is 0.829 bits per heavy atom. The zero-order valence-electron chi connectivity index (χ0n) is 43.3. The molecule has 0 saturated heterocycles. The Morgan fingerprint density at radius 3 is 1.45 bits per heavy atom. The van der Waals surface area contributed by atoms with Gasteiger partial charge in [-0.05, 0) is 183 Å². The van der Waals surface area contributed by atoms with Crippen LogP contribution in [0.15, 0.2) is 243 Å². The predicted octanol–water partition coefficient (Wildman–Crippen LogP) is 18.7. The third-order valence-corrected chi connectivity index (χ3v) is 19.7. The van der Waals surface area contributed by atoms with E-state index < -0.39 is 5.41 Å². The molecule has 0 N–H and O–H groups in total. The molecule has 1 heterocycles. The Hall–Kier alpha value is -8.20. The second-order valence-corrected chi connectivity index (χ2v) is 23.6. The maximum atomic E-state index is 2.71. The maximum Gasteiger partial charge on any atom is 0.0707 e. The zero-order valence-corrected chi connectivity index (χ0v) is 43.3. The van der Waals surface area contributed by atoms with Crippen molar-refractivity contribution in [1.82, 2.24) is 4.57 Å². The first-order chi connectivity index (χ1) is 37.4. The molecule has 1 aromatic heterocycles. The topological polar surface area (TPSA) is 8.17 Å². The lowest BCUT2D eigenvalue weighted by molar-refractivity contribution is -0.0440. The highest BCUT2D eigenvalue weighted by atomic mass is 15.1. The first kappa shape index (κ1) is 44.1. The third kappa shape index (κ3) is 6.04. The SMILES string of the molecule is CC1(C)c2ccccc2-c2ccc(N(c3ccc(-c4ccc(-n5c6ccccc6c6ccccc65)cc4)cc3)c3ccc4c(c3)C3(c5ccccc5C4(c4ccccc4)c4ccccc4)C4CC5CC(C4)CC3C5)cc21. The molecule has 1 spiro atoms. The van der Waals surface area contributed by atoms with E-state index in [-0.39, 0.29) is 10.8 Å². The van der Waals surface area contributed by atoms with Crippen molar-refractivity contribution in [2.24, 2.45) is 23.7 Å². The Balaban J connectivity index is 0.893. The van der Waals surface area contributed by atoms with E-state index in [1.807, 2.05) is 0 Å². The van der Waals surface area contributed by atoms with Crippen LogP contribution >= 0.6 is 0 Å². The average Bonchev–Trinajstić information content (AvgIpc) is 4.05. The molecule has 11 aromatic rings. The Bertz CT molecular complexity index is 3960. The van der Waals surface area contributed by atoms with Gasteiger partial charge in [0.1, 0.15) is 0 Å². The number of anilines is 3. The van der Waals surface area contributed by atoms with Crippen molar-refractivity contribution in [2.75, 3.05) is 4.90 Å². The van der Waals surface area contributed by atoms with Gasteiger partial charge in [-0.1, -0.05) is 196 Å². The lowest BCUT2D eigenvalue weighted by atomic mass is 9.38. The molecule has 366 valence electrons. The van der Waals surface area contributed by atoms with Gasteiger partial charge in [0.25, 0.3) is 0 Å². The summed E-state index contributed by atoms with van der Waals surface area (Å²) in [7, 11) is 0. The molecular weight excluding hydrogens is 917 g/mol. The van der Waals surface area contributed by atoms with Crippen LogP contribution in [0, 0.1) is 23.7 Å². The van der Waals surface area contributed by atoms with E-state index in [1.165, 1.54) is 127 Å². The van der Waals surface area contributed by atoms with Gasteiger partial charge in [-0.3, -0.25) is 0 Å². The molecular formula is C74H60N2. The van der Waals surface area contributed by atoms with Crippen LogP contribution in [0.2, 0.25) is 0 Å². The van der Waals surface area contributed by atoms with Crippen molar-refractivity contribution >= 4 is 38.9 Å². The van der Waals surface area contributed by atoms with Gasteiger partial charge in [0.15, 0.2) is 0 Å². The third-order valence-electron chi connectivity index (χ3n) is 19.7. The Morgan fingerprint density at radius 1 is 0.368 bits per heavy atom. The number of rotatable bonds is 7. The number of nitrogens with zero attached hydrogens (tertiary/aromatic N) is 2. The molecule has 4 saturated carbocycles. The standard InChI is InChI=1S/C74H60N2/c1-72(2)64-24-12-9-21-60(64)61-39-37-58(46-68(61)72)75(56-33-29-50(30-34-56)51-31-35-57(36-32-51)76-70-27-15-10-22-62(70)63-23-11-16-28-71(63)76)59-38-40-67-69(47-59)74(54-42-48-41-49(44-54)45-55(74)43-48)66-26-14-13-25-65(66)73(67,52-17-5-3-6-18-52)53-19-7-4-8-20-53/h3-40,46-49,54-55H,41-45H2,1-2H3. The highest BCUT2D eigenvalue weighted by Gasteiger charge is 2.63. The molecule has 2 nitrogen and oxygen atoms in total. The van der Waals surface area contributed by atoms with Gasteiger partial charge in [0.2, 0.25) is 0 Å². The minimum absolute atomic E-state index is 0.0924. The van der Waals surface area contributed by atoms with E-state index in [0.29, 0.717) is 11.8 Å². The molecule has 0 radical (unpaired) electrons. The average molecular weight is 977 g/mol. The van der Waals surface area contributed by atoms with E-state index in [4.69, 9.17) is 0 Å². The fourth-order valence-electron chi connectivity index (χ4n) is 16.9. The molecule has 2 heteroatoms. The van der Waals surface area contributed by atoms with Crippen LogP contribution in [0.4, 0.5) is 17.1 Å². The summed E-state index contributed by atoms with van der Waals surface area (Å²) in [5.74, 6) is 2.86. The van der Waals surface area contributed by atoms with Crippen LogP contribution in [-0.2, 0) is 16.2 Å². The maximum absolute atomic E-state index is 2.71. The number of para-hydroxylation sites is 2. The number of hydrogen-bond donors (Lipinski definition) is 0. The Labute approximate surface area is 447 Å². The zero-order chi connectivity index (χ0) is 50.3. The monoisotopic (exact) mass is 976 g/mol. The van der Waals surface area contributed by atoms with Crippen LogP contribution in [0.5, 0.6) is 0 Å². The first-order valence-electron chi connectivity index (χ1n) is 28.0. The molecule has 17 rings (SSSR count). The van der Waals surface area contributed by atoms with Crippen molar-refractivity contribution in [1.29, 1.82) is 0 Å². The minimum Gasteiger partial charge on any atom is -0.310 e. The summed E-state index contributed by atoms with van der Waals surface area (Å²) in [6.07, 6.45) is 6.70. The van der Waals surface area contributed by atoms with Gasteiger partial charge in [-0.25, -0.2) is 0 Å². The van der Waals surface area contributed by atoms with Gasteiger partial charge < -0.3 is 9.47 Å². The molecule has 0 atom stereocenters. The van der Waals surface area contributed by atoms with Gasteiger partial charge in [-0.2, -0.15) is 0 Å². The molecule has 76 heavy (non-hydrogen) atoms. The van der Waals surface area contributed by atoms with Crippen molar-refractivity contribution < 1.29 is 0 Å². The molecule has 6 aliphatic carbocycles. The number of aromatic nitrogens is 1. The van der Waals surface area contributed by atoms with Crippen molar-refractivity contribution in [3.05, 3.63) is 287 Å². The molecule has 6 aliphatic rings. The summed E-state index contributed by atoms with van der Waals surface area (Å²) in [4.78, 5) is 2.59. The molecule has 0 aliphatic heterocycles. The van der Waals surface area contributed by atoms with Crippen LogP contribution < -0.4 is 4.90 Å². The van der Waals surface area contributed by atoms with E-state index in [0.717, 1.165) is 17.5 Å². The lowest BCUT2D eigenvalue weighted by Crippen LogP contribution is -2.59. The van der Waals surface area contributed by atoms with Crippen molar-refractivity contribution in [3.63, 3.8) is 0 Å². The highest BCUT2D eigenvalue weighted by Crippen LogP contribution is 2.70. The fourth-order valence-corrected chi connectivity index (χ4v) is 16.9. The number of hydrogen-bond acceptors (Lipinski definition) is 1. The van der Waals surface area contributed by atoms with Crippen LogP contribution in [0.3, 0.4) is 0 Å². The molecule has 4 bridgehead atoms. The van der Waals surface area contributed by atoms with E-state index in [1.54, 1.807) is 11.1 Å². The molecule has 0 unspecified atom stereocenters. The Kier molecular flexibility index (Phi) is 9.52. The summed E-state index contributed by atoms with van der Waals surface area (Å²) in [6.45, 7) is 4.82. The van der Waals surface area contributed by atoms with Crippen molar-refractivity contribution in [2.45, 2.75) is 62.2 Å². The normalized spacial score (nSPS) is 21.8. The summed E-state index contributed by atoms with van der Waals surface area (Å²) in [5.41, 5.74) is 23.0. The summed E-state index contributed by atoms with van der Waals surface area (Å²) in [5, 5.41) is 2.56. The quantitative estimate of drug-likeness (QED) is 0.154. The first-order valence-corrected chi connectivity index (χ1v) is 28.0. The van der Waals surface area contributed by atoms with E-state index in [2.05, 4.69) is 266 Å². The summed E-state index contributed by atoms with van der Waals surface area (Å²) >= 11 is 0. The molecule has 4 fully saturated rings. The molecule has 0 amide bonds. The second-order valence-electron chi connectivity index (χ2n) is 23.6. The smallest absolute Gasteiger partial charge is 0.0707 e. The van der Waals surface area contributed by atoms with E-state index in [9.17, 15) is 0 Å². The minimum atomic E-state index is -0.500. The van der Waals surface area contributed by atoms with Crippen molar-refractivity contribution in [3.8, 4) is 27.9 Å². The van der Waals surface area contributed by atoms with Gasteiger partial charge >= 0.3 is 0 Å². The van der Waals surface area contributed by atoms with Crippen LogP contribution in [0.1, 0.15) is 90.5 Å². The molecule has 10 aromatic carbocycles. The number of fused-ring (bicyclic) bond motifs is 8. The van der Waals surface area contributed by atoms with Crippen LogP contribution in [-0.4, -0.2) is 4.57 Å². The fraction of sp³-hybridized carbons (Fsp3) is 0.189. The summed E-state index contributed by atoms with van der Waals surface area (Å²) in [6, 6.07) is 93.0. The van der Waals surface area contributed by atoms with Gasteiger partial charge in [0.05, 0.1) is 16.4 Å². The summed E-state index contributed by atoms with van der Waals surface area (Å²) < 4.78 is 2.40. The second kappa shape index (κ2) is 16.4. The van der Waals surface area contributed by atoms with Crippen LogP contribution in [0.25, 0.3) is 49.7 Å². The predicted molar refractivity (Wildman–Crippen MR) is 315 cm³/mol. The lowest BCUT2D eigenvalue weighted by Gasteiger charge is -2.65.